The molecule has 6 heteroatoms. The Labute approximate surface area is 84.8 Å². The van der Waals surface area contributed by atoms with Crippen LogP contribution in [0.15, 0.2) is 0 Å². The number of hydrazine groups is 1. The maximum absolute atomic E-state index is 10.5. The minimum absolute atomic E-state index is 0. The number of ether oxygens (including phenoxy) is 1. The lowest BCUT2D eigenvalue weighted by Crippen LogP contribution is -2.40. The molecule has 0 saturated carbocycles. The zero-order valence-electron chi connectivity index (χ0n) is 8.00. The molecule has 0 aromatic heterocycles. The highest BCUT2D eigenvalue weighted by Crippen LogP contribution is 1.88. The van der Waals surface area contributed by atoms with E-state index in [9.17, 15) is 4.79 Å². The molecule has 0 rings (SSSR count). The molecule has 0 saturated heterocycles. The fourth-order valence-electron chi connectivity index (χ4n) is 0.644. The van der Waals surface area contributed by atoms with E-state index in [1.807, 2.05) is 19.3 Å². The van der Waals surface area contributed by atoms with Crippen LogP contribution in [0, 0.1) is 0 Å². The lowest BCUT2D eigenvalue weighted by atomic mass is 10.4. The quantitative estimate of drug-likeness (QED) is 0.267. The van der Waals surface area contributed by atoms with Crippen molar-refractivity contribution in [2.45, 2.75) is 26.4 Å². The average molecular weight is 212 g/mol. The van der Waals surface area contributed by atoms with Crippen molar-refractivity contribution >= 4 is 18.4 Å². The van der Waals surface area contributed by atoms with Crippen molar-refractivity contribution in [3.8, 4) is 0 Å². The molecule has 0 atom stereocenters. The highest BCUT2D eigenvalue weighted by molar-refractivity contribution is 5.85. The summed E-state index contributed by atoms with van der Waals surface area (Å²) >= 11 is 0. The number of nitrogens with one attached hydrogen (secondary N) is 2. The van der Waals surface area contributed by atoms with Crippen molar-refractivity contribution in [3.05, 3.63) is 0 Å². The first-order chi connectivity index (χ1) is 5.66. The second-order valence-electron chi connectivity index (χ2n) is 2.67. The van der Waals surface area contributed by atoms with Crippen molar-refractivity contribution in [1.29, 1.82) is 0 Å². The lowest BCUT2D eigenvalue weighted by molar-refractivity contribution is 0.0774. The summed E-state index contributed by atoms with van der Waals surface area (Å²) in [6.07, 6.45) is 1.04. The summed E-state index contributed by atoms with van der Waals surface area (Å²) in [5.74, 6) is 4.84. The predicted octanol–water partition coefficient (Wildman–Crippen LogP) is 0.396. The number of nitrogens with two attached hydrogens (primary N) is 1. The van der Waals surface area contributed by atoms with E-state index in [2.05, 4.69) is 5.32 Å². The van der Waals surface area contributed by atoms with Crippen LogP contribution in [0.5, 0.6) is 0 Å². The van der Waals surface area contributed by atoms with Crippen LogP contribution in [0.2, 0.25) is 0 Å². The largest absolute Gasteiger partial charge is 0.379 e. The number of amides is 2. The Morgan fingerprint density at radius 2 is 2.15 bits per heavy atom. The molecule has 0 aliphatic rings. The van der Waals surface area contributed by atoms with Crippen LogP contribution in [0.1, 0.15) is 20.3 Å². The van der Waals surface area contributed by atoms with Gasteiger partial charge in [0.2, 0.25) is 0 Å². The smallest absolute Gasteiger partial charge is 0.328 e. The zero-order valence-corrected chi connectivity index (χ0v) is 8.82. The maximum Gasteiger partial charge on any atom is 0.328 e. The van der Waals surface area contributed by atoms with E-state index in [-0.39, 0.29) is 24.5 Å². The standard InChI is InChI=1S/C7H17N3O2.ClH/c1-6(2)12-5-3-4-9-7(11)10-8;/h6H,3-5,8H2,1-2H3,(H2,9,10,11);1H. The van der Waals surface area contributed by atoms with E-state index >= 15 is 0 Å². The number of rotatable bonds is 5. The van der Waals surface area contributed by atoms with E-state index in [1.165, 1.54) is 0 Å². The van der Waals surface area contributed by atoms with E-state index in [1.54, 1.807) is 0 Å². The van der Waals surface area contributed by atoms with Gasteiger partial charge < -0.3 is 10.1 Å². The van der Waals surface area contributed by atoms with Gasteiger partial charge in [0, 0.05) is 13.2 Å². The third-order valence-corrected chi connectivity index (χ3v) is 1.19. The molecule has 0 aliphatic heterocycles. The summed E-state index contributed by atoms with van der Waals surface area (Å²) in [7, 11) is 0. The second-order valence-corrected chi connectivity index (χ2v) is 2.67. The summed E-state index contributed by atoms with van der Waals surface area (Å²) in [5, 5.41) is 2.55. The van der Waals surface area contributed by atoms with Crippen LogP contribution in [-0.4, -0.2) is 25.3 Å². The second kappa shape index (κ2) is 9.57. The average Bonchev–Trinajstić information content (AvgIpc) is 2.03. The van der Waals surface area contributed by atoms with Crippen LogP contribution in [0.4, 0.5) is 4.79 Å². The van der Waals surface area contributed by atoms with E-state index in [0.717, 1.165) is 6.42 Å². The van der Waals surface area contributed by atoms with E-state index < -0.39 is 0 Å². The normalized spacial score (nSPS) is 9.23. The van der Waals surface area contributed by atoms with Gasteiger partial charge in [0.1, 0.15) is 0 Å². The third-order valence-electron chi connectivity index (χ3n) is 1.19. The Morgan fingerprint density at radius 1 is 1.54 bits per heavy atom. The summed E-state index contributed by atoms with van der Waals surface area (Å²) in [6.45, 7) is 5.18. The van der Waals surface area contributed by atoms with Gasteiger partial charge in [-0.1, -0.05) is 0 Å². The van der Waals surface area contributed by atoms with Gasteiger partial charge in [-0.2, -0.15) is 0 Å². The van der Waals surface area contributed by atoms with Gasteiger partial charge in [-0.3, -0.25) is 5.43 Å². The van der Waals surface area contributed by atoms with Gasteiger partial charge in [0.25, 0.3) is 0 Å². The third kappa shape index (κ3) is 11.5. The van der Waals surface area contributed by atoms with Gasteiger partial charge in [-0.15, -0.1) is 12.4 Å². The maximum atomic E-state index is 10.5. The van der Waals surface area contributed by atoms with E-state index in [4.69, 9.17) is 10.6 Å². The first kappa shape index (κ1) is 15.0. The van der Waals surface area contributed by atoms with E-state index in [0.29, 0.717) is 13.2 Å². The monoisotopic (exact) mass is 211 g/mol. The first-order valence-corrected chi connectivity index (χ1v) is 4.03. The Balaban J connectivity index is 0. The summed E-state index contributed by atoms with van der Waals surface area (Å²) in [5.41, 5.74) is 1.97. The minimum Gasteiger partial charge on any atom is -0.379 e. The van der Waals surface area contributed by atoms with Gasteiger partial charge in [-0.25, -0.2) is 10.6 Å². The molecule has 0 aliphatic carbocycles. The van der Waals surface area contributed by atoms with Crippen molar-refractivity contribution < 1.29 is 9.53 Å². The van der Waals surface area contributed by atoms with Gasteiger partial charge in [-0.05, 0) is 20.3 Å². The van der Waals surface area contributed by atoms with Crippen LogP contribution < -0.4 is 16.6 Å². The fourth-order valence-corrected chi connectivity index (χ4v) is 0.644. The van der Waals surface area contributed by atoms with Crippen molar-refractivity contribution in [2.24, 2.45) is 5.84 Å². The molecule has 0 spiro atoms. The molecule has 13 heavy (non-hydrogen) atoms. The van der Waals surface area contributed by atoms with Crippen LogP contribution >= 0.6 is 12.4 Å². The van der Waals surface area contributed by atoms with Gasteiger partial charge in [0.15, 0.2) is 0 Å². The Hall–Kier alpha value is -0.520. The Morgan fingerprint density at radius 3 is 2.62 bits per heavy atom. The minimum atomic E-state index is -0.362. The molecule has 0 fully saturated rings. The molecule has 0 aromatic rings. The summed E-state index contributed by atoms with van der Waals surface area (Å²) < 4.78 is 5.25. The van der Waals surface area contributed by atoms with Crippen LogP contribution in [-0.2, 0) is 4.74 Å². The number of carbonyl (C=O) groups is 1. The highest BCUT2D eigenvalue weighted by atomic mass is 35.5. The Bertz CT molecular complexity index is 133. The Kier molecular flexibility index (Phi) is 11.0. The number of urea groups is 1. The molecular formula is C7H18ClN3O2. The molecule has 0 radical (unpaired) electrons. The van der Waals surface area contributed by atoms with Crippen LogP contribution in [0.3, 0.4) is 0 Å². The van der Waals surface area contributed by atoms with Crippen molar-refractivity contribution in [1.82, 2.24) is 10.7 Å². The molecule has 0 unspecified atom stereocenters. The van der Waals surface area contributed by atoms with Gasteiger partial charge in [0.05, 0.1) is 6.10 Å². The summed E-state index contributed by atoms with van der Waals surface area (Å²) in [4.78, 5) is 10.5. The topological polar surface area (TPSA) is 76.4 Å². The van der Waals surface area contributed by atoms with Crippen molar-refractivity contribution in [3.63, 3.8) is 0 Å². The highest BCUT2D eigenvalue weighted by Gasteiger charge is 1.95. The fraction of sp³-hybridized carbons (Fsp3) is 0.857. The molecule has 0 heterocycles. The summed E-state index contributed by atoms with van der Waals surface area (Å²) in [6, 6.07) is -0.362. The molecule has 0 bridgehead atoms. The number of halogens is 1. The number of hydrogen-bond acceptors (Lipinski definition) is 3. The first-order valence-electron chi connectivity index (χ1n) is 4.03. The number of carbonyl (C=O) groups excluding carboxylic acids is 1. The van der Waals surface area contributed by atoms with Gasteiger partial charge >= 0.3 is 6.03 Å². The predicted molar refractivity (Wildman–Crippen MR) is 53.7 cm³/mol. The lowest BCUT2D eigenvalue weighted by Gasteiger charge is -2.07. The molecule has 0 aromatic carbocycles. The molecular weight excluding hydrogens is 194 g/mol. The molecule has 80 valence electrons. The molecule has 2 amide bonds. The van der Waals surface area contributed by atoms with Crippen LogP contribution in [0.25, 0.3) is 0 Å². The van der Waals surface area contributed by atoms with Crippen molar-refractivity contribution in [2.75, 3.05) is 13.2 Å². The SMILES string of the molecule is CC(C)OCCCNC(=O)NN.Cl. The zero-order chi connectivity index (χ0) is 9.40. The molecule has 5 nitrogen and oxygen atoms in total. The molecule has 4 N–H and O–H groups in total. The number of hydrogen-bond donors (Lipinski definition) is 3.